The highest BCUT2D eigenvalue weighted by atomic mass is 16.5. The summed E-state index contributed by atoms with van der Waals surface area (Å²) in [4.78, 5) is 3.24. The Kier molecular flexibility index (Phi) is 8.35. The third-order valence-corrected chi connectivity index (χ3v) is 5.63. The molecule has 4 heteroatoms. The van der Waals surface area contributed by atoms with Crippen LogP contribution in [0.5, 0.6) is 5.75 Å². The van der Waals surface area contributed by atoms with E-state index < -0.39 is 0 Å². The first-order valence-electron chi connectivity index (χ1n) is 11.2. The number of rotatable bonds is 10. The van der Waals surface area contributed by atoms with E-state index in [4.69, 9.17) is 9.47 Å². The molecule has 1 aromatic carbocycles. The molecule has 1 unspecified atom stereocenters. The maximum absolute atomic E-state index is 6.07. The normalized spacial score (nSPS) is 23.2. The Balaban J connectivity index is 2.12. The number of hydrogen-bond acceptors (Lipinski definition) is 2. The van der Waals surface area contributed by atoms with E-state index in [2.05, 4.69) is 73.0 Å². The molecule has 160 valence electrons. The maximum atomic E-state index is 6.07. The summed E-state index contributed by atoms with van der Waals surface area (Å²) >= 11 is 0. The van der Waals surface area contributed by atoms with Gasteiger partial charge in [0.05, 0.1) is 50.8 Å². The van der Waals surface area contributed by atoms with Crippen molar-refractivity contribution in [3.8, 4) is 5.75 Å². The SMILES string of the molecule is CCC[NH+](Cc1ccc(OC(C)C)cc1)C[C@]1(C[NH+](C)C)CCOC(C)(C)C1. The van der Waals surface area contributed by atoms with Crippen LogP contribution in [0.2, 0.25) is 0 Å². The Morgan fingerprint density at radius 3 is 2.32 bits per heavy atom. The zero-order valence-corrected chi connectivity index (χ0v) is 19.4. The molecule has 1 heterocycles. The van der Waals surface area contributed by atoms with E-state index in [1.807, 2.05) is 0 Å². The molecule has 0 aromatic heterocycles. The highest BCUT2D eigenvalue weighted by molar-refractivity contribution is 5.26. The third kappa shape index (κ3) is 7.38. The Morgan fingerprint density at radius 2 is 1.79 bits per heavy atom. The maximum Gasteiger partial charge on any atom is 0.119 e. The predicted molar refractivity (Wildman–Crippen MR) is 116 cm³/mol. The minimum absolute atomic E-state index is 0.0130. The van der Waals surface area contributed by atoms with Gasteiger partial charge < -0.3 is 19.3 Å². The zero-order chi connectivity index (χ0) is 20.8. The van der Waals surface area contributed by atoms with E-state index in [9.17, 15) is 0 Å². The molecule has 1 aliphatic heterocycles. The molecule has 28 heavy (non-hydrogen) atoms. The van der Waals surface area contributed by atoms with Crippen LogP contribution < -0.4 is 14.5 Å². The second-order valence-electron chi connectivity index (χ2n) is 10.1. The van der Waals surface area contributed by atoms with Crippen molar-refractivity contribution in [1.29, 1.82) is 0 Å². The lowest BCUT2D eigenvalue weighted by Gasteiger charge is -2.45. The number of ether oxygens (including phenoxy) is 2. The summed E-state index contributed by atoms with van der Waals surface area (Å²) in [5.41, 5.74) is 1.74. The van der Waals surface area contributed by atoms with Crippen molar-refractivity contribution in [3.63, 3.8) is 0 Å². The van der Waals surface area contributed by atoms with Crippen molar-refractivity contribution in [2.75, 3.05) is 40.3 Å². The molecule has 1 aromatic rings. The molecule has 2 rings (SSSR count). The summed E-state index contributed by atoms with van der Waals surface area (Å²) in [7, 11) is 4.58. The molecule has 0 amide bonds. The number of nitrogens with one attached hydrogen (secondary N) is 2. The Morgan fingerprint density at radius 1 is 1.11 bits per heavy atom. The average molecular weight is 393 g/mol. The van der Waals surface area contributed by atoms with Gasteiger partial charge in [-0.2, -0.15) is 0 Å². The van der Waals surface area contributed by atoms with Crippen LogP contribution in [0.15, 0.2) is 24.3 Å². The van der Waals surface area contributed by atoms with Crippen LogP contribution in [0.3, 0.4) is 0 Å². The summed E-state index contributed by atoms with van der Waals surface area (Å²) in [5, 5.41) is 0. The van der Waals surface area contributed by atoms with Crippen molar-refractivity contribution >= 4 is 0 Å². The first-order valence-corrected chi connectivity index (χ1v) is 11.2. The van der Waals surface area contributed by atoms with Crippen molar-refractivity contribution in [3.05, 3.63) is 29.8 Å². The smallest absolute Gasteiger partial charge is 0.119 e. The van der Waals surface area contributed by atoms with E-state index in [-0.39, 0.29) is 11.7 Å². The fourth-order valence-corrected chi connectivity index (χ4v) is 5.07. The number of hydrogen-bond donors (Lipinski definition) is 2. The van der Waals surface area contributed by atoms with E-state index >= 15 is 0 Å². The topological polar surface area (TPSA) is 27.3 Å². The Hall–Kier alpha value is -1.10. The van der Waals surface area contributed by atoms with Gasteiger partial charge in [0.2, 0.25) is 0 Å². The minimum Gasteiger partial charge on any atom is -0.491 e. The van der Waals surface area contributed by atoms with Gasteiger partial charge in [0.25, 0.3) is 0 Å². The lowest BCUT2D eigenvalue weighted by Crippen LogP contribution is -3.14. The quantitative estimate of drug-likeness (QED) is 0.637. The Bertz CT molecular complexity index is 583. The van der Waals surface area contributed by atoms with Crippen molar-refractivity contribution in [2.45, 2.75) is 72.1 Å². The zero-order valence-electron chi connectivity index (χ0n) is 19.4. The molecule has 4 nitrogen and oxygen atoms in total. The standard InChI is InChI=1S/C24H42N2O2/c1-8-14-26(16-21-9-11-22(12-10-21)28-20(2)3)19-24(18-25(6)7)13-15-27-23(4,5)17-24/h9-12,20H,8,13-19H2,1-7H3/p+2/t24-/m1/s1. The summed E-state index contributed by atoms with van der Waals surface area (Å²) in [6.07, 6.45) is 3.77. The Labute approximate surface area is 173 Å². The molecule has 1 saturated heterocycles. The van der Waals surface area contributed by atoms with Gasteiger partial charge in [-0.1, -0.05) is 6.92 Å². The van der Waals surface area contributed by atoms with Crippen LogP contribution in [-0.4, -0.2) is 52.0 Å². The molecular weight excluding hydrogens is 348 g/mol. The fourth-order valence-electron chi connectivity index (χ4n) is 5.07. The molecule has 0 spiro atoms. The van der Waals surface area contributed by atoms with Gasteiger partial charge in [0, 0.05) is 12.2 Å². The van der Waals surface area contributed by atoms with Gasteiger partial charge in [0.1, 0.15) is 12.3 Å². The molecule has 0 saturated carbocycles. The van der Waals surface area contributed by atoms with Crippen LogP contribution in [0.4, 0.5) is 0 Å². The van der Waals surface area contributed by atoms with Gasteiger partial charge in [-0.25, -0.2) is 0 Å². The molecule has 0 bridgehead atoms. The molecule has 2 atom stereocenters. The van der Waals surface area contributed by atoms with Crippen molar-refractivity contribution in [1.82, 2.24) is 0 Å². The van der Waals surface area contributed by atoms with E-state index in [0.29, 0.717) is 5.41 Å². The van der Waals surface area contributed by atoms with Gasteiger partial charge in [-0.05, 0) is 71.2 Å². The first kappa shape index (κ1) is 23.2. The fraction of sp³-hybridized carbons (Fsp3) is 0.750. The van der Waals surface area contributed by atoms with Gasteiger partial charge >= 0.3 is 0 Å². The lowest BCUT2D eigenvalue weighted by atomic mass is 9.73. The molecule has 1 fully saturated rings. The highest BCUT2D eigenvalue weighted by Gasteiger charge is 2.45. The second-order valence-corrected chi connectivity index (χ2v) is 10.1. The molecule has 2 N–H and O–H groups in total. The van der Waals surface area contributed by atoms with Crippen LogP contribution in [-0.2, 0) is 11.3 Å². The van der Waals surface area contributed by atoms with Crippen LogP contribution in [0.1, 0.15) is 59.4 Å². The predicted octanol–water partition coefficient (Wildman–Crippen LogP) is 1.99. The monoisotopic (exact) mass is 392 g/mol. The van der Waals surface area contributed by atoms with E-state index in [1.54, 1.807) is 9.80 Å². The molecular formula is C24H44N2O2+2. The van der Waals surface area contributed by atoms with Crippen LogP contribution >= 0.6 is 0 Å². The van der Waals surface area contributed by atoms with Crippen molar-refractivity contribution < 1.29 is 19.3 Å². The van der Waals surface area contributed by atoms with E-state index in [1.165, 1.54) is 38.0 Å². The summed E-state index contributed by atoms with van der Waals surface area (Å²) in [5.74, 6) is 0.967. The van der Waals surface area contributed by atoms with E-state index in [0.717, 1.165) is 25.3 Å². The first-order chi connectivity index (χ1) is 13.1. The minimum atomic E-state index is -0.0130. The lowest BCUT2D eigenvalue weighted by molar-refractivity contribution is -0.931. The largest absolute Gasteiger partial charge is 0.491 e. The summed E-state index contributed by atoms with van der Waals surface area (Å²) < 4.78 is 11.9. The van der Waals surface area contributed by atoms with Crippen molar-refractivity contribution in [2.24, 2.45) is 5.41 Å². The summed E-state index contributed by atoms with van der Waals surface area (Å²) in [6, 6.07) is 8.72. The summed E-state index contributed by atoms with van der Waals surface area (Å²) in [6.45, 7) is 16.6. The van der Waals surface area contributed by atoms with Gasteiger partial charge in [-0.3, -0.25) is 0 Å². The number of quaternary nitrogens is 2. The molecule has 0 radical (unpaired) electrons. The number of benzene rings is 1. The molecule has 1 aliphatic rings. The highest BCUT2D eigenvalue weighted by Crippen LogP contribution is 2.37. The van der Waals surface area contributed by atoms with Gasteiger partial charge in [-0.15, -0.1) is 0 Å². The third-order valence-electron chi connectivity index (χ3n) is 5.63. The molecule has 0 aliphatic carbocycles. The second kappa shape index (κ2) is 10.1. The van der Waals surface area contributed by atoms with Crippen LogP contribution in [0.25, 0.3) is 0 Å². The average Bonchev–Trinajstić information content (AvgIpc) is 2.54. The van der Waals surface area contributed by atoms with Gasteiger partial charge in [0.15, 0.2) is 0 Å². The van der Waals surface area contributed by atoms with Crippen LogP contribution in [0, 0.1) is 5.41 Å².